The quantitative estimate of drug-likeness (QED) is 0.723. The summed E-state index contributed by atoms with van der Waals surface area (Å²) in [7, 11) is -3.50. The lowest BCUT2D eigenvalue weighted by Crippen LogP contribution is -2.53. The number of hydrogen-bond acceptors (Lipinski definition) is 5. The van der Waals surface area contributed by atoms with Gasteiger partial charge in [0.05, 0.1) is 5.92 Å². The van der Waals surface area contributed by atoms with Gasteiger partial charge in [-0.05, 0) is 55.3 Å². The fourth-order valence-electron chi connectivity index (χ4n) is 4.39. The van der Waals surface area contributed by atoms with Gasteiger partial charge in [-0.2, -0.15) is 4.31 Å². The van der Waals surface area contributed by atoms with Gasteiger partial charge in [0.2, 0.25) is 5.91 Å². The molecular formula is C22H29N3O3S2. The van der Waals surface area contributed by atoms with Crippen LogP contribution in [0.4, 0.5) is 5.69 Å². The molecular weight excluding hydrogens is 418 g/mol. The van der Waals surface area contributed by atoms with E-state index in [4.69, 9.17) is 0 Å². The first-order valence-electron chi connectivity index (χ1n) is 10.5. The fourth-order valence-corrected chi connectivity index (χ4v) is 7.05. The highest BCUT2D eigenvalue weighted by molar-refractivity contribution is 7.91. The summed E-state index contributed by atoms with van der Waals surface area (Å²) in [5.41, 5.74) is 3.73. The third-order valence-corrected chi connectivity index (χ3v) is 9.36. The molecule has 1 atom stereocenters. The number of carbonyl (C=O) groups is 1. The molecule has 1 amide bonds. The van der Waals surface area contributed by atoms with Crippen LogP contribution in [-0.2, 0) is 14.8 Å². The first kappa shape index (κ1) is 21.3. The largest absolute Gasteiger partial charge is 0.368 e. The van der Waals surface area contributed by atoms with Crippen LogP contribution in [0.25, 0.3) is 0 Å². The number of thiophene rings is 1. The molecule has 0 unspecified atom stereocenters. The minimum absolute atomic E-state index is 0.0988. The van der Waals surface area contributed by atoms with E-state index in [-0.39, 0.29) is 18.4 Å². The summed E-state index contributed by atoms with van der Waals surface area (Å²) in [6.45, 7) is 7.97. The number of aryl methyl sites for hydroxylation is 2. The zero-order chi connectivity index (χ0) is 21.3. The average Bonchev–Trinajstić information content (AvgIpc) is 3.31. The van der Waals surface area contributed by atoms with Crippen molar-refractivity contribution in [1.29, 1.82) is 0 Å². The molecule has 1 aromatic carbocycles. The maximum atomic E-state index is 13.2. The Bertz CT molecular complexity index is 997. The molecule has 1 aromatic heterocycles. The Morgan fingerprint density at radius 1 is 1.07 bits per heavy atom. The smallest absolute Gasteiger partial charge is 0.252 e. The Balaban J connectivity index is 1.39. The van der Waals surface area contributed by atoms with Gasteiger partial charge < -0.3 is 9.80 Å². The van der Waals surface area contributed by atoms with Gasteiger partial charge in [0.1, 0.15) is 4.21 Å². The van der Waals surface area contributed by atoms with Crippen molar-refractivity contribution in [3.05, 3.63) is 46.8 Å². The summed E-state index contributed by atoms with van der Waals surface area (Å²) < 4.78 is 27.6. The van der Waals surface area contributed by atoms with E-state index in [1.165, 1.54) is 32.5 Å². The van der Waals surface area contributed by atoms with Crippen LogP contribution in [-0.4, -0.2) is 62.8 Å². The number of amides is 1. The van der Waals surface area contributed by atoms with Gasteiger partial charge in [0.15, 0.2) is 0 Å². The van der Waals surface area contributed by atoms with Crippen molar-refractivity contribution in [1.82, 2.24) is 9.21 Å². The lowest BCUT2D eigenvalue weighted by atomic mass is 9.97. The van der Waals surface area contributed by atoms with E-state index < -0.39 is 10.0 Å². The number of benzene rings is 1. The minimum Gasteiger partial charge on any atom is -0.368 e. The number of hydrogen-bond donors (Lipinski definition) is 0. The number of carbonyl (C=O) groups excluding carboxylic acids is 1. The Hall–Kier alpha value is -1.90. The minimum atomic E-state index is -3.50. The Morgan fingerprint density at radius 3 is 2.53 bits per heavy atom. The van der Waals surface area contributed by atoms with Crippen LogP contribution >= 0.6 is 11.3 Å². The summed E-state index contributed by atoms with van der Waals surface area (Å²) in [5, 5.41) is 1.77. The molecule has 2 aliphatic rings. The summed E-state index contributed by atoms with van der Waals surface area (Å²) in [5.74, 6) is -0.151. The molecule has 0 radical (unpaired) electrons. The summed E-state index contributed by atoms with van der Waals surface area (Å²) in [4.78, 5) is 17.4. The third-order valence-electron chi connectivity index (χ3n) is 6.12. The van der Waals surface area contributed by atoms with E-state index in [9.17, 15) is 13.2 Å². The van der Waals surface area contributed by atoms with E-state index in [0.717, 1.165) is 25.9 Å². The van der Waals surface area contributed by atoms with E-state index in [1.807, 2.05) is 4.90 Å². The van der Waals surface area contributed by atoms with Crippen molar-refractivity contribution >= 4 is 33.0 Å². The Kier molecular flexibility index (Phi) is 6.18. The van der Waals surface area contributed by atoms with Crippen molar-refractivity contribution in [3.63, 3.8) is 0 Å². The van der Waals surface area contributed by atoms with Crippen LogP contribution in [0.15, 0.2) is 39.9 Å². The van der Waals surface area contributed by atoms with Crippen LogP contribution in [0, 0.1) is 19.8 Å². The number of nitrogens with zero attached hydrogens (tertiary/aromatic N) is 3. The highest BCUT2D eigenvalue weighted by Gasteiger charge is 2.36. The second-order valence-electron chi connectivity index (χ2n) is 8.24. The van der Waals surface area contributed by atoms with E-state index >= 15 is 0 Å². The molecule has 2 fully saturated rings. The topological polar surface area (TPSA) is 60.9 Å². The lowest BCUT2D eigenvalue weighted by Gasteiger charge is -2.40. The number of rotatable bonds is 4. The van der Waals surface area contributed by atoms with Crippen molar-refractivity contribution in [3.8, 4) is 0 Å². The molecule has 8 heteroatoms. The SMILES string of the molecule is Cc1ccc(C)c(N2CCN(C(=O)[C@@H]3CCCN(S(=O)(=O)c4cccs4)C3)CC2)c1. The zero-order valence-corrected chi connectivity index (χ0v) is 19.2. The molecule has 2 aromatic rings. The van der Waals surface area contributed by atoms with Crippen LogP contribution in [0.3, 0.4) is 0 Å². The Labute approximate surface area is 183 Å². The number of piperazine rings is 1. The average molecular weight is 448 g/mol. The number of sulfonamides is 1. The molecule has 2 saturated heterocycles. The number of piperidine rings is 1. The summed E-state index contributed by atoms with van der Waals surface area (Å²) >= 11 is 1.23. The maximum Gasteiger partial charge on any atom is 0.252 e. The fraction of sp³-hybridized carbons (Fsp3) is 0.500. The van der Waals surface area contributed by atoms with Crippen LogP contribution < -0.4 is 4.90 Å². The van der Waals surface area contributed by atoms with E-state index in [2.05, 4.69) is 36.9 Å². The first-order chi connectivity index (χ1) is 14.4. The molecule has 0 spiro atoms. The first-order valence-corrected chi connectivity index (χ1v) is 12.8. The maximum absolute atomic E-state index is 13.2. The van der Waals surface area contributed by atoms with E-state index in [0.29, 0.717) is 23.8 Å². The number of anilines is 1. The van der Waals surface area contributed by atoms with Gasteiger partial charge in [0, 0.05) is 45.0 Å². The van der Waals surface area contributed by atoms with Crippen molar-refractivity contribution in [2.45, 2.75) is 30.9 Å². The molecule has 2 aliphatic heterocycles. The molecule has 4 rings (SSSR count). The van der Waals surface area contributed by atoms with Gasteiger partial charge in [-0.3, -0.25) is 4.79 Å². The molecule has 6 nitrogen and oxygen atoms in total. The molecule has 162 valence electrons. The van der Waals surface area contributed by atoms with Gasteiger partial charge in [-0.25, -0.2) is 8.42 Å². The van der Waals surface area contributed by atoms with E-state index in [1.54, 1.807) is 17.5 Å². The summed E-state index contributed by atoms with van der Waals surface area (Å²) in [6.07, 6.45) is 1.48. The monoisotopic (exact) mass is 447 g/mol. The Morgan fingerprint density at radius 2 is 1.83 bits per heavy atom. The highest BCUT2D eigenvalue weighted by atomic mass is 32.2. The zero-order valence-electron chi connectivity index (χ0n) is 17.6. The van der Waals surface area contributed by atoms with Gasteiger partial charge in [-0.15, -0.1) is 11.3 Å². The van der Waals surface area contributed by atoms with Gasteiger partial charge in [-0.1, -0.05) is 18.2 Å². The lowest BCUT2D eigenvalue weighted by molar-refractivity contribution is -0.137. The highest BCUT2D eigenvalue weighted by Crippen LogP contribution is 2.28. The molecule has 30 heavy (non-hydrogen) atoms. The van der Waals surface area contributed by atoms with Gasteiger partial charge >= 0.3 is 0 Å². The predicted octanol–water partition coefficient (Wildman–Crippen LogP) is 3.11. The van der Waals surface area contributed by atoms with Crippen molar-refractivity contribution < 1.29 is 13.2 Å². The van der Waals surface area contributed by atoms with Crippen LogP contribution in [0.5, 0.6) is 0 Å². The molecule has 0 aliphatic carbocycles. The van der Waals surface area contributed by atoms with Gasteiger partial charge in [0.25, 0.3) is 10.0 Å². The van der Waals surface area contributed by atoms with Crippen LogP contribution in [0.2, 0.25) is 0 Å². The summed E-state index contributed by atoms with van der Waals surface area (Å²) in [6, 6.07) is 9.86. The molecule has 0 bridgehead atoms. The van der Waals surface area contributed by atoms with Crippen molar-refractivity contribution in [2.75, 3.05) is 44.2 Å². The molecule has 0 N–H and O–H groups in total. The standard InChI is InChI=1S/C22H29N3O3S2/c1-17-7-8-18(2)20(15-17)23-10-12-24(13-11-23)22(26)19-5-3-9-25(16-19)30(27,28)21-6-4-14-29-21/h4,6-8,14-15,19H,3,5,9-13,16H2,1-2H3/t19-/m1/s1. The van der Waals surface area contributed by atoms with Crippen LogP contribution in [0.1, 0.15) is 24.0 Å². The molecule has 0 saturated carbocycles. The third kappa shape index (κ3) is 4.26. The predicted molar refractivity (Wildman–Crippen MR) is 121 cm³/mol. The second-order valence-corrected chi connectivity index (χ2v) is 11.3. The normalized spacial score (nSPS) is 21.1. The van der Waals surface area contributed by atoms with Crippen molar-refractivity contribution in [2.24, 2.45) is 5.92 Å². The second kappa shape index (κ2) is 8.69. The molecule has 3 heterocycles.